The first kappa shape index (κ1) is 31.8. The van der Waals surface area contributed by atoms with E-state index in [4.69, 9.17) is 0 Å². The predicted octanol–water partition coefficient (Wildman–Crippen LogP) is 8.16. The Morgan fingerprint density at radius 2 is 1.02 bits per heavy atom. The average Bonchev–Trinajstić information content (AvgIpc) is 3.10. The maximum absolute atomic E-state index is 4.01. The minimum Gasteiger partial charge on any atom is -0.301 e. The lowest BCUT2D eigenvalue weighted by Crippen LogP contribution is -2.69. The number of hydrogen-bond acceptors (Lipinski definition) is 4. The van der Waals surface area contributed by atoms with Crippen LogP contribution in [0.15, 0.2) is 48.5 Å². The van der Waals surface area contributed by atoms with Crippen molar-refractivity contribution in [2.24, 2.45) is 35.5 Å². The lowest BCUT2D eigenvalue weighted by Gasteiger charge is -2.67. The summed E-state index contributed by atoms with van der Waals surface area (Å²) < 4.78 is 0. The summed E-state index contributed by atoms with van der Waals surface area (Å²) in [6.07, 6.45) is 23.0. The van der Waals surface area contributed by atoms with Crippen LogP contribution in [0.25, 0.3) is 11.1 Å². The topological polar surface area (TPSA) is 48.1 Å². The Bertz CT molecular complexity index is 1350. The van der Waals surface area contributed by atoms with Crippen LogP contribution in [0, 0.1) is 35.5 Å². The highest BCUT2D eigenvalue weighted by Crippen LogP contribution is 2.80. The molecule has 4 nitrogen and oxygen atoms in total. The molecule has 258 valence electrons. The van der Waals surface area contributed by atoms with Crippen LogP contribution in [0.3, 0.4) is 0 Å². The summed E-state index contributed by atoms with van der Waals surface area (Å²) in [6.45, 7) is 4.34. The molecule has 8 bridgehead atoms. The van der Waals surface area contributed by atoms with Gasteiger partial charge in [-0.15, -0.1) is 9.24 Å². The van der Waals surface area contributed by atoms with Gasteiger partial charge in [0.25, 0.3) is 0 Å². The van der Waals surface area contributed by atoms with Crippen molar-refractivity contribution in [1.29, 1.82) is 0 Å². The Morgan fingerprint density at radius 3 is 1.46 bits per heavy atom. The van der Waals surface area contributed by atoms with Gasteiger partial charge < -0.3 is 21.3 Å². The molecule has 0 aromatic heterocycles. The highest BCUT2D eigenvalue weighted by Gasteiger charge is 2.62. The highest BCUT2D eigenvalue weighted by molar-refractivity contribution is 7.60. The molecule has 48 heavy (non-hydrogen) atoms. The summed E-state index contributed by atoms with van der Waals surface area (Å²) in [5.74, 6) is 6.18. The van der Waals surface area contributed by atoms with Crippen molar-refractivity contribution in [3.05, 3.63) is 59.7 Å². The van der Waals surface area contributed by atoms with E-state index in [1.807, 2.05) is 0 Å². The predicted molar refractivity (Wildman–Crippen MR) is 205 cm³/mol. The molecule has 8 aliphatic carbocycles. The van der Waals surface area contributed by atoms with Crippen molar-refractivity contribution < 1.29 is 0 Å². The standard InChI is InChI=1S/C42H60N4P2/c47-42(38-43-10-4-11-44-38,39-45-12-5-13-46-39)37-20-35(34-6-2-1-3-7-34)8-9-36(37)27-48(40-21-28-14-29(22-40)16-30(15-28)23-40)41-24-31-17-32(25-41)19-33(18-31)26-41/h1-3,6-9,20,28-33,38-39,43-46H,4-5,10-19,21-27,47H2. The minimum absolute atomic E-state index is 0.138. The first-order valence-electron chi connectivity index (χ1n) is 20.2. The number of nitrogens with one attached hydrogen (secondary N) is 4. The van der Waals surface area contributed by atoms with Crippen LogP contribution in [0.1, 0.15) is 101 Å². The fraction of sp³-hybridized carbons (Fsp3) is 0.714. The van der Waals surface area contributed by atoms with E-state index in [9.17, 15) is 0 Å². The van der Waals surface area contributed by atoms with E-state index in [2.05, 4.69) is 79.0 Å². The molecule has 0 amide bonds. The van der Waals surface area contributed by atoms with Gasteiger partial charge in [-0.1, -0.05) is 50.4 Å². The van der Waals surface area contributed by atoms with E-state index in [1.165, 1.54) is 30.1 Å². The summed E-state index contributed by atoms with van der Waals surface area (Å²) >= 11 is 0. The summed E-state index contributed by atoms with van der Waals surface area (Å²) in [5, 5.41) is 17.1. The van der Waals surface area contributed by atoms with Crippen LogP contribution >= 0.6 is 17.2 Å². The molecule has 10 aliphatic rings. The molecule has 1 atom stereocenters. The summed E-state index contributed by atoms with van der Waals surface area (Å²) in [5.41, 5.74) is 5.98. The second-order valence-electron chi connectivity index (χ2n) is 18.4. The summed E-state index contributed by atoms with van der Waals surface area (Å²) in [6, 6.07) is 19.0. The molecule has 12 rings (SSSR count). The van der Waals surface area contributed by atoms with Gasteiger partial charge in [-0.25, -0.2) is 0 Å². The highest BCUT2D eigenvalue weighted by atomic mass is 31.1. The van der Waals surface area contributed by atoms with Crippen LogP contribution < -0.4 is 21.3 Å². The Hall–Kier alpha value is -0.860. The van der Waals surface area contributed by atoms with Crippen molar-refractivity contribution in [2.45, 2.75) is 124 Å². The molecular formula is C42H60N4P2. The third-order valence-electron chi connectivity index (χ3n) is 15.2. The molecular weight excluding hydrogens is 622 g/mol. The zero-order valence-corrected chi connectivity index (χ0v) is 31.2. The zero-order chi connectivity index (χ0) is 31.9. The molecule has 2 heterocycles. The molecule has 4 N–H and O–H groups in total. The lowest BCUT2D eigenvalue weighted by atomic mass is 9.55. The molecule has 2 aromatic rings. The van der Waals surface area contributed by atoms with Gasteiger partial charge in [0.1, 0.15) is 0 Å². The van der Waals surface area contributed by atoms with Crippen LogP contribution in [0.5, 0.6) is 0 Å². The molecule has 1 unspecified atom stereocenters. The maximum Gasteiger partial charge on any atom is 0.0735 e. The number of benzene rings is 2. The fourth-order valence-electron chi connectivity index (χ4n) is 14.2. The lowest BCUT2D eigenvalue weighted by molar-refractivity contribution is 0.0184. The molecule has 8 saturated carbocycles. The van der Waals surface area contributed by atoms with Crippen molar-refractivity contribution in [1.82, 2.24) is 21.3 Å². The van der Waals surface area contributed by atoms with E-state index < -0.39 is 0 Å². The molecule has 2 saturated heterocycles. The van der Waals surface area contributed by atoms with Gasteiger partial charge in [-0.05, 0) is 196 Å². The molecule has 2 aliphatic heterocycles. The maximum atomic E-state index is 4.01. The summed E-state index contributed by atoms with van der Waals surface area (Å²) in [4.78, 5) is 0. The second kappa shape index (κ2) is 12.4. The quantitative estimate of drug-likeness (QED) is 0.212. The third-order valence-corrected chi connectivity index (χ3v) is 20.2. The van der Waals surface area contributed by atoms with Gasteiger partial charge in [0.2, 0.25) is 0 Å². The molecule has 0 spiro atoms. The van der Waals surface area contributed by atoms with Gasteiger partial charge in [0, 0.05) is 0 Å². The Morgan fingerprint density at radius 1 is 0.583 bits per heavy atom. The normalized spacial score (nSPS) is 40.0. The SMILES string of the molecule is PC(c1cc(-c2ccccc2)ccc1CP(C12CC3CC(CC(C3)C1)C2)C12CC3CC(CC(C3)C1)C2)(C1NCCCN1)C1NCCCN1. The minimum atomic E-state index is -0.203. The molecule has 0 radical (unpaired) electrons. The van der Waals surface area contributed by atoms with E-state index in [1.54, 1.807) is 88.2 Å². The van der Waals surface area contributed by atoms with E-state index in [-0.39, 0.29) is 25.4 Å². The molecule has 2 aromatic carbocycles. The first-order chi connectivity index (χ1) is 23.5. The third kappa shape index (κ3) is 5.36. The Kier molecular flexibility index (Phi) is 8.21. The smallest absolute Gasteiger partial charge is 0.0735 e. The van der Waals surface area contributed by atoms with Crippen molar-refractivity contribution in [3.63, 3.8) is 0 Å². The monoisotopic (exact) mass is 682 g/mol. The van der Waals surface area contributed by atoms with E-state index in [0.717, 1.165) is 61.7 Å². The Labute approximate surface area is 293 Å². The van der Waals surface area contributed by atoms with Crippen molar-refractivity contribution >= 4 is 17.2 Å². The van der Waals surface area contributed by atoms with E-state index >= 15 is 0 Å². The van der Waals surface area contributed by atoms with Crippen molar-refractivity contribution in [2.75, 3.05) is 26.2 Å². The van der Waals surface area contributed by atoms with Crippen LogP contribution in [0.2, 0.25) is 0 Å². The van der Waals surface area contributed by atoms with Gasteiger partial charge in [-0.3, -0.25) is 0 Å². The van der Waals surface area contributed by atoms with Gasteiger partial charge in [-0.2, -0.15) is 0 Å². The van der Waals surface area contributed by atoms with Gasteiger partial charge in [0.15, 0.2) is 0 Å². The van der Waals surface area contributed by atoms with Gasteiger partial charge >= 0.3 is 0 Å². The summed E-state index contributed by atoms with van der Waals surface area (Å²) in [7, 11) is 3.37. The van der Waals surface area contributed by atoms with Crippen LogP contribution in [-0.4, -0.2) is 48.8 Å². The van der Waals surface area contributed by atoms with Gasteiger partial charge in [0.05, 0.1) is 17.5 Å². The van der Waals surface area contributed by atoms with E-state index in [0.29, 0.717) is 10.3 Å². The number of rotatable bonds is 8. The largest absolute Gasteiger partial charge is 0.301 e. The molecule has 10 fully saturated rings. The van der Waals surface area contributed by atoms with Crippen LogP contribution in [0.4, 0.5) is 0 Å². The van der Waals surface area contributed by atoms with Crippen LogP contribution in [-0.2, 0) is 11.3 Å². The van der Waals surface area contributed by atoms with Crippen molar-refractivity contribution in [3.8, 4) is 11.1 Å². The number of hydrogen-bond donors (Lipinski definition) is 4. The Balaban J connectivity index is 1.12. The zero-order valence-electron chi connectivity index (χ0n) is 29.2. The second-order valence-corrected chi connectivity index (χ2v) is 22.5. The molecule has 6 heteroatoms. The average molecular weight is 683 g/mol. The fourth-order valence-corrected chi connectivity index (χ4v) is 20.1. The first-order valence-corrected chi connectivity index (χ1v) is 22.3.